The van der Waals surface area contributed by atoms with E-state index in [1.165, 1.54) is 0 Å². The number of ether oxygens (including phenoxy) is 1. The summed E-state index contributed by atoms with van der Waals surface area (Å²) in [5.74, 6) is 0.440. The third kappa shape index (κ3) is 16.8. The molecule has 1 aliphatic heterocycles. The van der Waals surface area contributed by atoms with Gasteiger partial charge in [0.1, 0.15) is 0 Å². The van der Waals surface area contributed by atoms with Gasteiger partial charge in [0.2, 0.25) is 0 Å². The second-order valence-electron chi connectivity index (χ2n) is 2.19. The van der Waals surface area contributed by atoms with Gasteiger partial charge in [-0.1, -0.05) is 13.8 Å². The SMILES string of the molecule is C1CO1.CC(C)CO. The number of aliphatic hydroxyl groups excluding tert-OH is 1. The molecule has 1 fully saturated rings. The highest BCUT2D eigenvalue weighted by atomic mass is 16.6. The second kappa shape index (κ2) is 5.06. The Morgan fingerprint density at radius 3 is 1.75 bits per heavy atom. The number of aliphatic hydroxyl groups is 1. The zero-order chi connectivity index (χ0) is 6.41. The van der Waals surface area contributed by atoms with Crippen LogP contribution >= 0.6 is 0 Å². The summed E-state index contributed by atoms with van der Waals surface area (Å²) in [6.07, 6.45) is 0. The van der Waals surface area contributed by atoms with Crippen LogP contribution < -0.4 is 0 Å². The van der Waals surface area contributed by atoms with Crippen LogP contribution in [0.2, 0.25) is 0 Å². The highest BCUT2D eigenvalue weighted by Crippen LogP contribution is 1.84. The summed E-state index contributed by atoms with van der Waals surface area (Å²) in [5.41, 5.74) is 0. The maximum atomic E-state index is 8.14. The van der Waals surface area contributed by atoms with Gasteiger partial charge in [-0.25, -0.2) is 0 Å². The first-order valence-electron chi connectivity index (χ1n) is 2.96. The van der Waals surface area contributed by atoms with Crippen molar-refractivity contribution in [3.63, 3.8) is 0 Å². The summed E-state index contributed by atoms with van der Waals surface area (Å²) in [7, 11) is 0. The Morgan fingerprint density at radius 2 is 1.75 bits per heavy atom. The molecule has 0 saturated carbocycles. The fourth-order valence-corrected chi connectivity index (χ4v) is 0. The molecule has 50 valence electrons. The van der Waals surface area contributed by atoms with E-state index >= 15 is 0 Å². The van der Waals surface area contributed by atoms with Crippen LogP contribution in [0, 0.1) is 5.92 Å². The van der Waals surface area contributed by atoms with E-state index < -0.39 is 0 Å². The molecule has 1 heterocycles. The average Bonchev–Trinajstić information content (AvgIpc) is 2.48. The van der Waals surface area contributed by atoms with Gasteiger partial charge in [-0.15, -0.1) is 0 Å². The van der Waals surface area contributed by atoms with Crippen LogP contribution in [-0.2, 0) is 4.74 Å². The Kier molecular flexibility index (Phi) is 5.01. The lowest BCUT2D eigenvalue weighted by molar-refractivity contribution is 0.248. The fraction of sp³-hybridized carbons (Fsp3) is 1.00. The lowest BCUT2D eigenvalue weighted by Gasteiger charge is -1.90. The molecule has 1 saturated heterocycles. The Bertz CT molecular complexity index is 39.0. The summed E-state index contributed by atoms with van der Waals surface area (Å²) in [6, 6.07) is 0. The molecule has 0 atom stereocenters. The summed E-state index contributed by atoms with van der Waals surface area (Å²) >= 11 is 0. The lowest BCUT2D eigenvalue weighted by Crippen LogP contribution is -1.90. The summed E-state index contributed by atoms with van der Waals surface area (Å²) in [4.78, 5) is 0. The van der Waals surface area contributed by atoms with Crippen LogP contribution in [0.25, 0.3) is 0 Å². The molecule has 0 bridgehead atoms. The van der Waals surface area contributed by atoms with E-state index in [-0.39, 0.29) is 0 Å². The Hall–Kier alpha value is -0.0800. The standard InChI is InChI=1S/C4H10O.C2H4O/c1-4(2)3-5;1-2-3-1/h4-5H,3H2,1-2H3;1-2H2. The molecule has 0 unspecified atom stereocenters. The van der Waals surface area contributed by atoms with Crippen molar-refractivity contribution in [2.75, 3.05) is 19.8 Å². The van der Waals surface area contributed by atoms with Gasteiger partial charge in [-0.3, -0.25) is 0 Å². The van der Waals surface area contributed by atoms with Gasteiger partial charge in [-0.05, 0) is 5.92 Å². The number of rotatable bonds is 1. The van der Waals surface area contributed by atoms with E-state index in [2.05, 4.69) is 4.74 Å². The van der Waals surface area contributed by atoms with Gasteiger partial charge in [-0.2, -0.15) is 0 Å². The van der Waals surface area contributed by atoms with Crippen LogP contribution in [0.4, 0.5) is 0 Å². The van der Waals surface area contributed by atoms with Crippen molar-refractivity contribution < 1.29 is 9.84 Å². The van der Waals surface area contributed by atoms with Gasteiger partial charge in [0, 0.05) is 6.61 Å². The lowest BCUT2D eigenvalue weighted by atomic mass is 10.2. The van der Waals surface area contributed by atoms with Gasteiger partial charge in [0.05, 0.1) is 13.2 Å². The van der Waals surface area contributed by atoms with E-state index in [1.54, 1.807) is 0 Å². The van der Waals surface area contributed by atoms with Crippen molar-refractivity contribution >= 4 is 0 Å². The first kappa shape index (κ1) is 7.92. The van der Waals surface area contributed by atoms with Crippen LogP contribution in [0.5, 0.6) is 0 Å². The zero-order valence-corrected chi connectivity index (χ0v) is 5.55. The number of epoxide rings is 1. The van der Waals surface area contributed by atoms with Gasteiger partial charge in [0.25, 0.3) is 0 Å². The third-order valence-electron chi connectivity index (χ3n) is 0.569. The van der Waals surface area contributed by atoms with E-state index in [0.717, 1.165) is 13.2 Å². The van der Waals surface area contributed by atoms with Crippen LogP contribution in [0.3, 0.4) is 0 Å². The minimum absolute atomic E-state index is 0.306. The number of hydrogen-bond acceptors (Lipinski definition) is 2. The van der Waals surface area contributed by atoms with Gasteiger partial charge in [0.15, 0.2) is 0 Å². The van der Waals surface area contributed by atoms with E-state index in [0.29, 0.717) is 12.5 Å². The molecule has 8 heavy (non-hydrogen) atoms. The van der Waals surface area contributed by atoms with Crippen molar-refractivity contribution in [2.45, 2.75) is 13.8 Å². The third-order valence-corrected chi connectivity index (χ3v) is 0.569. The molecule has 0 aromatic heterocycles. The molecular weight excluding hydrogens is 104 g/mol. The minimum atomic E-state index is 0.306. The zero-order valence-electron chi connectivity index (χ0n) is 5.55. The smallest absolute Gasteiger partial charge is 0.0701 e. The van der Waals surface area contributed by atoms with E-state index in [4.69, 9.17) is 5.11 Å². The molecular formula is C6H14O2. The molecule has 1 aliphatic rings. The summed E-state index contributed by atoms with van der Waals surface area (Å²) in [5, 5.41) is 8.14. The summed E-state index contributed by atoms with van der Waals surface area (Å²) in [6.45, 7) is 6.25. The highest BCUT2D eigenvalue weighted by Gasteiger charge is 1.94. The van der Waals surface area contributed by atoms with Gasteiger partial charge < -0.3 is 9.84 Å². The molecule has 2 heteroatoms. The van der Waals surface area contributed by atoms with E-state index in [1.807, 2.05) is 13.8 Å². The fourth-order valence-electron chi connectivity index (χ4n) is 0. The maximum Gasteiger partial charge on any atom is 0.0701 e. The first-order chi connectivity index (χ1) is 3.77. The highest BCUT2D eigenvalue weighted by molar-refractivity contribution is 4.36. The molecule has 1 rings (SSSR count). The van der Waals surface area contributed by atoms with Gasteiger partial charge >= 0.3 is 0 Å². The molecule has 0 amide bonds. The molecule has 2 nitrogen and oxygen atoms in total. The largest absolute Gasteiger partial charge is 0.396 e. The minimum Gasteiger partial charge on any atom is -0.396 e. The van der Waals surface area contributed by atoms with E-state index in [9.17, 15) is 0 Å². The molecule has 0 aliphatic carbocycles. The Morgan fingerprint density at radius 1 is 1.50 bits per heavy atom. The normalized spacial score (nSPS) is 15.0. The predicted molar refractivity (Wildman–Crippen MR) is 32.7 cm³/mol. The Balaban J connectivity index is 0.000000135. The monoisotopic (exact) mass is 118 g/mol. The molecule has 0 aromatic rings. The molecule has 0 aromatic carbocycles. The van der Waals surface area contributed by atoms with Crippen LogP contribution in [0.15, 0.2) is 0 Å². The van der Waals surface area contributed by atoms with Crippen molar-refractivity contribution in [3.8, 4) is 0 Å². The van der Waals surface area contributed by atoms with Crippen molar-refractivity contribution in [1.29, 1.82) is 0 Å². The van der Waals surface area contributed by atoms with Crippen LogP contribution in [0.1, 0.15) is 13.8 Å². The predicted octanol–water partition coefficient (Wildman–Crippen LogP) is 0.651. The topological polar surface area (TPSA) is 32.8 Å². The first-order valence-corrected chi connectivity index (χ1v) is 2.96. The number of hydrogen-bond donors (Lipinski definition) is 1. The second-order valence-corrected chi connectivity index (χ2v) is 2.19. The van der Waals surface area contributed by atoms with Crippen molar-refractivity contribution in [2.24, 2.45) is 5.92 Å². The maximum absolute atomic E-state index is 8.14. The average molecular weight is 118 g/mol. The summed E-state index contributed by atoms with van der Waals surface area (Å²) < 4.78 is 4.50. The van der Waals surface area contributed by atoms with Crippen molar-refractivity contribution in [3.05, 3.63) is 0 Å². The quantitative estimate of drug-likeness (QED) is 0.513. The molecule has 1 N–H and O–H groups in total. The molecule has 0 radical (unpaired) electrons. The molecule has 0 spiro atoms. The Labute approximate surface area is 50.5 Å². The van der Waals surface area contributed by atoms with Crippen LogP contribution in [-0.4, -0.2) is 24.9 Å². The van der Waals surface area contributed by atoms with Crippen molar-refractivity contribution in [1.82, 2.24) is 0 Å².